The molecule has 3 aromatic heterocycles. The Labute approximate surface area is 154 Å². The van der Waals surface area contributed by atoms with Gasteiger partial charge in [-0.3, -0.25) is 14.6 Å². The van der Waals surface area contributed by atoms with Crippen LogP contribution >= 0.6 is 0 Å². The molecule has 0 radical (unpaired) electrons. The fourth-order valence-corrected chi connectivity index (χ4v) is 2.96. The molecule has 0 unspecified atom stereocenters. The highest BCUT2D eigenvalue weighted by molar-refractivity contribution is 6.08. The smallest absolute Gasteiger partial charge is 0.185 e. The van der Waals surface area contributed by atoms with Gasteiger partial charge in [0.1, 0.15) is 5.71 Å². The molecule has 1 aliphatic heterocycles. The van der Waals surface area contributed by atoms with E-state index in [1.54, 1.807) is 34.0 Å². The molecular formula is C19H14N8. The van der Waals surface area contributed by atoms with Gasteiger partial charge in [0.05, 0.1) is 17.2 Å². The number of aryl methyl sites for hydroxylation is 1. The van der Waals surface area contributed by atoms with Crippen LogP contribution in [0.2, 0.25) is 0 Å². The van der Waals surface area contributed by atoms with Gasteiger partial charge in [0.25, 0.3) is 0 Å². The van der Waals surface area contributed by atoms with Crippen molar-refractivity contribution in [1.29, 1.82) is 0 Å². The van der Waals surface area contributed by atoms with Crippen LogP contribution in [0.15, 0.2) is 59.9 Å². The Morgan fingerprint density at radius 2 is 1.93 bits per heavy atom. The van der Waals surface area contributed by atoms with Crippen molar-refractivity contribution in [2.45, 2.75) is 6.42 Å². The van der Waals surface area contributed by atoms with Crippen LogP contribution in [0.25, 0.3) is 17.1 Å². The number of hydrogen-bond acceptors (Lipinski definition) is 6. The molecule has 8 nitrogen and oxygen atoms in total. The second-order valence-electron chi connectivity index (χ2n) is 6.19. The Balaban J connectivity index is 1.54. The Morgan fingerprint density at radius 3 is 2.78 bits per heavy atom. The van der Waals surface area contributed by atoms with Crippen molar-refractivity contribution in [3.63, 3.8) is 0 Å². The topological polar surface area (TPSA) is 86.7 Å². The average Bonchev–Trinajstić information content (AvgIpc) is 3.21. The van der Waals surface area contributed by atoms with Gasteiger partial charge >= 0.3 is 0 Å². The Kier molecular flexibility index (Phi) is 3.48. The highest BCUT2D eigenvalue weighted by Crippen LogP contribution is 2.16. The van der Waals surface area contributed by atoms with Crippen molar-refractivity contribution in [2.75, 3.05) is 0 Å². The first-order valence-corrected chi connectivity index (χ1v) is 8.41. The molecule has 0 spiro atoms. The largest absolute Gasteiger partial charge is 0.275 e. The third-order valence-corrected chi connectivity index (χ3v) is 4.27. The van der Waals surface area contributed by atoms with Crippen LogP contribution in [0.1, 0.15) is 22.8 Å². The van der Waals surface area contributed by atoms with E-state index in [2.05, 4.69) is 31.0 Å². The van der Waals surface area contributed by atoms with Gasteiger partial charge in [-0.25, -0.2) is 0 Å². The summed E-state index contributed by atoms with van der Waals surface area (Å²) in [4.78, 5) is 8.67. The predicted octanol–water partition coefficient (Wildman–Crippen LogP) is 1.98. The minimum atomic E-state index is 0.581. The summed E-state index contributed by atoms with van der Waals surface area (Å²) in [6.45, 7) is 0. The summed E-state index contributed by atoms with van der Waals surface area (Å²) in [6.07, 6.45) is 11.2. The van der Waals surface area contributed by atoms with E-state index in [9.17, 15) is 0 Å². The number of allylic oxidation sites excluding steroid dienone is 1. The van der Waals surface area contributed by atoms with Gasteiger partial charge in [0.15, 0.2) is 11.6 Å². The molecule has 0 bridgehead atoms. The molecule has 0 saturated carbocycles. The first-order valence-electron chi connectivity index (χ1n) is 8.41. The van der Waals surface area contributed by atoms with Gasteiger partial charge in [-0.1, -0.05) is 6.07 Å². The van der Waals surface area contributed by atoms with Crippen LogP contribution in [0.3, 0.4) is 0 Å². The zero-order chi connectivity index (χ0) is 18.2. The number of hydrogen-bond donors (Lipinski definition) is 0. The van der Waals surface area contributed by atoms with Crippen LogP contribution in [-0.2, 0) is 13.5 Å². The van der Waals surface area contributed by atoms with E-state index in [4.69, 9.17) is 5.10 Å². The molecule has 1 aliphatic rings. The number of benzene rings is 1. The van der Waals surface area contributed by atoms with Crippen LogP contribution < -0.4 is 0 Å². The molecule has 4 aromatic rings. The summed E-state index contributed by atoms with van der Waals surface area (Å²) in [6, 6.07) is 6.00. The molecule has 0 fully saturated rings. The van der Waals surface area contributed by atoms with E-state index < -0.39 is 0 Å². The first kappa shape index (κ1) is 15.4. The summed E-state index contributed by atoms with van der Waals surface area (Å²) < 4.78 is 3.49. The molecule has 1 aromatic carbocycles. The highest BCUT2D eigenvalue weighted by atomic mass is 15.5. The lowest BCUT2D eigenvalue weighted by Gasteiger charge is -2.05. The van der Waals surface area contributed by atoms with E-state index in [0.717, 1.165) is 33.7 Å². The summed E-state index contributed by atoms with van der Waals surface area (Å²) in [7, 11) is 1.87. The molecule has 27 heavy (non-hydrogen) atoms. The van der Waals surface area contributed by atoms with E-state index >= 15 is 0 Å². The zero-order valence-electron chi connectivity index (χ0n) is 14.5. The molecule has 0 aliphatic carbocycles. The minimum absolute atomic E-state index is 0.581. The van der Waals surface area contributed by atoms with Crippen LogP contribution in [0.5, 0.6) is 0 Å². The maximum Gasteiger partial charge on any atom is 0.185 e. The molecule has 0 atom stereocenters. The average molecular weight is 354 g/mol. The molecule has 4 heterocycles. The second-order valence-corrected chi connectivity index (χ2v) is 6.19. The molecule has 0 N–H and O–H groups in total. The van der Waals surface area contributed by atoms with E-state index in [-0.39, 0.29) is 0 Å². The van der Waals surface area contributed by atoms with Gasteiger partial charge in [-0.15, -0.1) is 15.9 Å². The van der Waals surface area contributed by atoms with Crippen molar-refractivity contribution < 1.29 is 0 Å². The molecule has 0 amide bonds. The van der Waals surface area contributed by atoms with Gasteiger partial charge in [-0.05, 0) is 17.7 Å². The lowest BCUT2D eigenvalue weighted by Crippen LogP contribution is -2.05. The summed E-state index contributed by atoms with van der Waals surface area (Å²) >= 11 is 0. The SMILES string of the molecule is Cn1cc(C2=Nn3c(nnc3Cc3ccc4nccnc4c3)C=C=C2)cn1. The van der Waals surface area contributed by atoms with E-state index in [1.165, 1.54) is 0 Å². The van der Waals surface area contributed by atoms with Crippen LogP contribution in [0.4, 0.5) is 0 Å². The Hall–Kier alpha value is -3.90. The summed E-state index contributed by atoms with van der Waals surface area (Å²) in [5.41, 5.74) is 7.55. The van der Waals surface area contributed by atoms with Crippen molar-refractivity contribution in [3.8, 4) is 0 Å². The first-order chi connectivity index (χ1) is 13.3. The Morgan fingerprint density at radius 1 is 1.04 bits per heavy atom. The molecular weight excluding hydrogens is 340 g/mol. The van der Waals surface area contributed by atoms with Crippen molar-refractivity contribution in [2.24, 2.45) is 12.1 Å². The standard InChI is InChI=1S/C19H14N8/c1-26-12-14(11-22-26)15-3-2-4-18-23-24-19(27(18)25-15)10-13-5-6-16-17(9-13)21-8-7-20-16/h3-9,11-12H,10H2,1H3. The summed E-state index contributed by atoms with van der Waals surface area (Å²) in [5.74, 6) is 1.38. The van der Waals surface area contributed by atoms with Crippen molar-refractivity contribution >= 4 is 22.8 Å². The predicted molar refractivity (Wildman–Crippen MR) is 100 cm³/mol. The second kappa shape index (κ2) is 6.12. The lowest BCUT2D eigenvalue weighted by atomic mass is 10.1. The van der Waals surface area contributed by atoms with Gasteiger partial charge in [-0.2, -0.15) is 14.9 Å². The number of rotatable bonds is 3. The van der Waals surface area contributed by atoms with E-state index in [1.807, 2.05) is 37.5 Å². The zero-order valence-corrected chi connectivity index (χ0v) is 14.5. The molecule has 0 saturated heterocycles. The third kappa shape index (κ3) is 2.84. The minimum Gasteiger partial charge on any atom is -0.275 e. The Bertz CT molecular complexity index is 1250. The van der Waals surface area contributed by atoms with Crippen molar-refractivity contribution in [1.82, 2.24) is 34.6 Å². The quantitative estimate of drug-likeness (QED) is 0.525. The monoisotopic (exact) mass is 354 g/mol. The van der Waals surface area contributed by atoms with Gasteiger partial charge < -0.3 is 0 Å². The maximum atomic E-state index is 4.72. The van der Waals surface area contributed by atoms with Gasteiger partial charge in [0, 0.05) is 49.8 Å². The van der Waals surface area contributed by atoms with Crippen LogP contribution in [0, 0.1) is 0 Å². The van der Waals surface area contributed by atoms with Gasteiger partial charge in [0.2, 0.25) is 0 Å². The number of nitrogens with zero attached hydrogens (tertiary/aromatic N) is 8. The van der Waals surface area contributed by atoms with Crippen LogP contribution in [-0.4, -0.2) is 40.3 Å². The van der Waals surface area contributed by atoms with Crippen molar-refractivity contribution in [3.05, 3.63) is 77.6 Å². The molecule has 8 heteroatoms. The summed E-state index contributed by atoms with van der Waals surface area (Å²) in [5, 5.41) is 17.5. The number of fused-ring (bicyclic) bond motifs is 2. The molecule has 130 valence electrons. The lowest BCUT2D eigenvalue weighted by molar-refractivity contribution is 0.767. The maximum absolute atomic E-state index is 4.72. The van der Waals surface area contributed by atoms with E-state index in [0.29, 0.717) is 12.2 Å². The normalized spacial score (nSPS) is 12.9. The fraction of sp³-hybridized carbons (Fsp3) is 0.105. The third-order valence-electron chi connectivity index (χ3n) is 4.27. The molecule has 5 rings (SSSR count). The number of aromatic nitrogens is 7. The fourth-order valence-electron chi connectivity index (χ4n) is 2.96. The highest BCUT2D eigenvalue weighted by Gasteiger charge is 2.14.